The average Bonchev–Trinajstić information content (AvgIpc) is 2.99. The van der Waals surface area contributed by atoms with Crippen molar-refractivity contribution >= 4 is 5.91 Å². The largest absolute Gasteiger partial charge is 0.385 e. The van der Waals surface area contributed by atoms with Crippen molar-refractivity contribution < 1.29 is 9.53 Å². The lowest BCUT2D eigenvalue weighted by molar-refractivity contribution is 0.0929. The second-order valence-electron chi connectivity index (χ2n) is 4.52. The van der Waals surface area contributed by atoms with Gasteiger partial charge in [0.25, 0.3) is 5.91 Å². The fraction of sp³-hybridized carbons (Fsp3) is 0.357. The van der Waals surface area contributed by atoms with Crippen molar-refractivity contribution in [1.82, 2.24) is 20.3 Å². The fourth-order valence-corrected chi connectivity index (χ4v) is 1.87. The van der Waals surface area contributed by atoms with Gasteiger partial charge in [0.1, 0.15) is 0 Å². The normalized spacial score (nSPS) is 12.1. The number of rotatable bonds is 6. The molecule has 0 fully saturated rings. The van der Waals surface area contributed by atoms with E-state index in [0.29, 0.717) is 17.9 Å². The van der Waals surface area contributed by atoms with E-state index in [1.165, 1.54) is 0 Å². The molecule has 6 heteroatoms. The first-order valence-electron chi connectivity index (χ1n) is 6.48. The third-order valence-corrected chi connectivity index (χ3v) is 2.95. The summed E-state index contributed by atoms with van der Waals surface area (Å²) >= 11 is 0. The monoisotopic (exact) mass is 274 g/mol. The molecule has 0 spiro atoms. The van der Waals surface area contributed by atoms with Crippen molar-refractivity contribution in [3.63, 3.8) is 0 Å². The van der Waals surface area contributed by atoms with E-state index in [4.69, 9.17) is 4.74 Å². The van der Waals surface area contributed by atoms with E-state index in [-0.39, 0.29) is 11.9 Å². The number of nitrogens with one attached hydrogen (secondary N) is 1. The second kappa shape index (κ2) is 6.81. The SMILES string of the molecule is COCC[C@@H](C)NC(=O)c1ccccc1-n1ccnn1. The van der Waals surface area contributed by atoms with E-state index in [2.05, 4.69) is 15.6 Å². The Kier molecular flexibility index (Phi) is 4.84. The molecule has 1 amide bonds. The zero-order chi connectivity index (χ0) is 14.4. The molecule has 0 unspecified atom stereocenters. The van der Waals surface area contributed by atoms with Gasteiger partial charge in [0, 0.05) is 19.8 Å². The van der Waals surface area contributed by atoms with Gasteiger partial charge in [0.2, 0.25) is 0 Å². The number of methoxy groups -OCH3 is 1. The van der Waals surface area contributed by atoms with Crippen molar-refractivity contribution in [1.29, 1.82) is 0 Å². The van der Waals surface area contributed by atoms with Gasteiger partial charge in [0.05, 0.1) is 23.6 Å². The molecule has 106 valence electrons. The molecule has 0 aliphatic carbocycles. The first-order chi connectivity index (χ1) is 9.72. The molecule has 0 bridgehead atoms. The van der Waals surface area contributed by atoms with Crippen molar-refractivity contribution in [3.05, 3.63) is 42.2 Å². The van der Waals surface area contributed by atoms with Crippen LogP contribution in [-0.4, -0.2) is 40.7 Å². The second-order valence-corrected chi connectivity index (χ2v) is 4.52. The molecule has 0 radical (unpaired) electrons. The first kappa shape index (κ1) is 14.2. The van der Waals surface area contributed by atoms with E-state index in [1.54, 1.807) is 30.3 Å². The van der Waals surface area contributed by atoms with Gasteiger partial charge in [-0.2, -0.15) is 0 Å². The summed E-state index contributed by atoms with van der Waals surface area (Å²) < 4.78 is 6.59. The number of aromatic nitrogens is 3. The molecule has 0 saturated carbocycles. The summed E-state index contributed by atoms with van der Waals surface area (Å²) in [5, 5.41) is 10.6. The molecule has 20 heavy (non-hydrogen) atoms. The Labute approximate surface area is 117 Å². The summed E-state index contributed by atoms with van der Waals surface area (Å²) in [5.41, 5.74) is 1.28. The van der Waals surface area contributed by atoms with Crippen LogP contribution in [0.1, 0.15) is 23.7 Å². The molecule has 6 nitrogen and oxygen atoms in total. The molecule has 0 aliphatic heterocycles. The Morgan fingerprint density at radius 1 is 1.45 bits per heavy atom. The van der Waals surface area contributed by atoms with Crippen LogP contribution in [0.25, 0.3) is 5.69 Å². The highest BCUT2D eigenvalue weighted by Gasteiger charge is 2.14. The highest BCUT2D eigenvalue weighted by Crippen LogP contribution is 2.13. The number of benzene rings is 1. The molecular weight excluding hydrogens is 256 g/mol. The van der Waals surface area contributed by atoms with Crippen molar-refractivity contribution in [3.8, 4) is 5.69 Å². The predicted molar refractivity (Wildman–Crippen MR) is 74.8 cm³/mol. The number of carbonyl (C=O) groups excluding carboxylic acids is 1. The Balaban J connectivity index is 2.14. The molecule has 1 N–H and O–H groups in total. The molecular formula is C14H18N4O2. The number of para-hydroxylation sites is 1. The molecule has 1 aromatic heterocycles. The molecule has 2 rings (SSSR count). The lowest BCUT2D eigenvalue weighted by atomic mass is 10.1. The van der Waals surface area contributed by atoms with Gasteiger partial charge < -0.3 is 10.1 Å². The highest BCUT2D eigenvalue weighted by molar-refractivity contribution is 5.97. The minimum absolute atomic E-state index is 0.0475. The highest BCUT2D eigenvalue weighted by atomic mass is 16.5. The zero-order valence-electron chi connectivity index (χ0n) is 11.6. The summed E-state index contributed by atoms with van der Waals surface area (Å²) in [5.74, 6) is -0.125. The maximum absolute atomic E-state index is 12.3. The zero-order valence-corrected chi connectivity index (χ0v) is 11.6. The molecule has 0 aliphatic rings. The Morgan fingerprint density at radius 3 is 2.95 bits per heavy atom. The lowest BCUT2D eigenvalue weighted by Gasteiger charge is -2.15. The fourth-order valence-electron chi connectivity index (χ4n) is 1.87. The van der Waals surface area contributed by atoms with E-state index >= 15 is 0 Å². The van der Waals surface area contributed by atoms with Crippen molar-refractivity contribution in [2.45, 2.75) is 19.4 Å². The number of hydrogen-bond acceptors (Lipinski definition) is 4. The van der Waals surface area contributed by atoms with Crippen LogP contribution in [0.5, 0.6) is 0 Å². The van der Waals surface area contributed by atoms with Crippen LogP contribution in [0.15, 0.2) is 36.7 Å². The first-order valence-corrected chi connectivity index (χ1v) is 6.48. The Hall–Kier alpha value is -2.21. The summed E-state index contributed by atoms with van der Waals surface area (Å²) in [7, 11) is 1.65. The van der Waals surface area contributed by atoms with Gasteiger partial charge >= 0.3 is 0 Å². The number of hydrogen-bond donors (Lipinski definition) is 1. The maximum atomic E-state index is 12.3. The van der Waals surface area contributed by atoms with E-state index in [9.17, 15) is 4.79 Å². The van der Waals surface area contributed by atoms with Gasteiger partial charge in [-0.15, -0.1) is 5.10 Å². The van der Waals surface area contributed by atoms with Gasteiger partial charge in [-0.1, -0.05) is 17.3 Å². The van der Waals surface area contributed by atoms with Crippen LogP contribution in [0.4, 0.5) is 0 Å². The summed E-state index contributed by atoms with van der Waals surface area (Å²) in [4.78, 5) is 12.3. The smallest absolute Gasteiger partial charge is 0.253 e. The number of nitrogens with zero attached hydrogens (tertiary/aromatic N) is 3. The topological polar surface area (TPSA) is 69.0 Å². The van der Waals surface area contributed by atoms with Crippen LogP contribution in [0.3, 0.4) is 0 Å². The van der Waals surface area contributed by atoms with Crippen molar-refractivity contribution in [2.75, 3.05) is 13.7 Å². The van der Waals surface area contributed by atoms with Crippen LogP contribution in [0.2, 0.25) is 0 Å². The third-order valence-electron chi connectivity index (χ3n) is 2.95. The minimum atomic E-state index is -0.125. The quantitative estimate of drug-likeness (QED) is 0.865. The van der Waals surface area contributed by atoms with Gasteiger partial charge in [-0.05, 0) is 25.5 Å². The van der Waals surface area contributed by atoms with Crippen LogP contribution >= 0.6 is 0 Å². The maximum Gasteiger partial charge on any atom is 0.253 e. The molecule has 1 atom stereocenters. The van der Waals surface area contributed by atoms with Crippen LogP contribution in [0, 0.1) is 0 Å². The Morgan fingerprint density at radius 2 is 2.25 bits per heavy atom. The number of amides is 1. The van der Waals surface area contributed by atoms with E-state index < -0.39 is 0 Å². The van der Waals surface area contributed by atoms with E-state index in [0.717, 1.165) is 6.42 Å². The molecule has 1 heterocycles. The summed E-state index contributed by atoms with van der Waals surface area (Å²) in [6, 6.07) is 7.35. The van der Waals surface area contributed by atoms with Gasteiger partial charge in [-0.25, -0.2) is 4.68 Å². The Bertz CT molecular complexity index is 554. The lowest BCUT2D eigenvalue weighted by Crippen LogP contribution is -2.34. The summed E-state index contributed by atoms with van der Waals surface area (Å²) in [6.45, 7) is 2.57. The van der Waals surface area contributed by atoms with Crippen LogP contribution < -0.4 is 5.32 Å². The standard InChI is InChI=1S/C14H18N4O2/c1-11(7-10-20-2)16-14(19)12-5-3-4-6-13(12)18-9-8-15-17-18/h3-6,8-9,11H,7,10H2,1-2H3,(H,16,19)/t11-/m1/s1. The van der Waals surface area contributed by atoms with Crippen molar-refractivity contribution in [2.24, 2.45) is 0 Å². The average molecular weight is 274 g/mol. The molecule has 1 aromatic carbocycles. The number of ether oxygens (including phenoxy) is 1. The van der Waals surface area contributed by atoms with E-state index in [1.807, 2.05) is 25.1 Å². The van der Waals surface area contributed by atoms with Gasteiger partial charge in [0.15, 0.2) is 0 Å². The third kappa shape index (κ3) is 3.42. The summed E-state index contributed by atoms with van der Waals surface area (Å²) in [6.07, 6.45) is 4.06. The van der Waals surface area contributed by atoms with Gasteiger partial charge in [-0.3, -0.25) is 4.79 Å². The molecule has 0 saturated heterocycles. The van der Waals surface area contributed by atoms with Crippen LogP contribution in [-0.2, 0) is 4.74 Å². The minimum Gasteiger partial charge on any atom is -0.385 e. The predicted octanol–water partition coefficient (Wildman–Crippen LogP) is 1.42. The molecule has 2 aromatic rings. The number of carbonyl (C=O) groups is 1.